The van der Waals surface area contributed by atoms with Crippen molar-refractivity contribution in [2.45, 2.75) is 58.8 Å². The first-order chi connectivity index (χ1) is 15.2. The van der Waals surface area contributed by atoms with Crippen LogP contribution < -0.4 is 9.47 Å². The standard InChI is InChI=1S/C25H34N2O4/c1-3-5-6-7-8-11-24(28)31-22-14-12-21(13-15-22)25-26-19-23(20-27-25)30-18-10-9-17-29-16-4-2/h3,5,12-15,19-20H,4,6-11,16-18H2,1-2H3/b5-3+. The number of allylic oxidation sites excluding steroid dienone is 2. The summed E-state index contributed by atoms with van der Waals surface area (Å²) in [6.45, 7) is 6.31. The number of benzene rings is 1. The van der Waals surface area contributed by atoms with Crippen molar-refractivity contribution < 1.29 is 19.0 Å². The molecular formula is C25H34N2O4. The highest BCUT2D eigenvalue weighted by Gasteiger charge is 2.07. The summed E-state index contributed by atoms with van der Waals surface area (Å²) in [5.74, 6) is 1.58. The zero-order chi connectivity index (χ0) is 22.2. The van der Waals surface area contributed by atoms with E-state index < -0.39 is 0 Å². The van der Waals surface area contributed by atoms with Crippen LogP contribution in [0.5, 0.6) is 11.5 Å². The molecule has 0 unspecified atom stereocenters. The minimum Gasteiger partial charge on any atom is -0.490 e. The highest BCUT2D eigenvalue weighted by atomic mass is 16.5. The number of carbonyl (C=O) groups excluding carboxylic acids is 1. The highest BCUT2D eigenvalue weighted by Crippen LogP contribution is 2.21. The van der Waals surface area contributed by atoms with Gasteiger partial charge in [-0.15, -0.1) is 0 Å². The Balaban J connectivity index is 1.72. The molecule has 2 aromatic rings. The molecule has 0 bridgehead atoms. The summed E-state index contributed by atoms with van der Waals surface area (Å²) in [5.41, 5.74) is 0.853. The zero-order valence-electron chi connectivity index (χ0n) is 18.7. The molecule has 0 aliphatic rings. The van der Waals surface area contributed by atoms with Crippen LogP contribution in [0.25, 0.3) is 11.4 Å². The zero-order valence-corrected chi connectivity index (χ0v) is 18.7. The van der Waals surface area contributed by atoms with Crippen LogP contribution in [-0.2, 0) is 9.53 Å². The third kappa shape index (κ3) is 10.2. The van der Waals surface area contributed by atoms with Gasteiger partial charge in [0.25, 0.3) is 0 Å². The van der Waals surface area contributed by atoms with Crippen molar-refractivity contribution in [3.05, 3.63) is 48.8 Å². The molecule has 0 N–H and O–H groups in total. The molecule has 0 saturated carbocycles. The molecule has 2 rings (SSSR count). The summed E-state index contributed by atoms with van der Waals surface area (Å²) in [7, 11) is 0. The molecule has 31 heavy (non-hydrogen) atoms. The molecular weight excluding hydrogens is 392 g/mol. The van der Waals surface area contributed by atoms with Gasteiger partial charge in [-0.3, -0.25) is 4.79 Å². The highest BCUT2D eigenvalue weighted by molar-refractivity contribution is 5.72. The largest absolute Gasteiger partial charge is 0.490 e. The monoisotopic (exact) mass is 426 g/mol. The molecule has 0 saturated heterocycles. The average molecular weight is 427 g/mol. The van der Waals surface area contributed by atoms with Crippen LogP contribution >= 0.6 is 0 Å². The van der Waals surface area contributed by atoms with Crippen LogP contribution in [0.2, 0.25) is 0 Å². The predicted octanol–water partition coefficient (Wildman–Crippen LogP) is 5.77. The number of carbonyl (C=O) groups is 1. The van der Waals surface area contributed by atoms with Crippen molar-refractivity contribution in [3.63, 3.8) is 0 Å². The summed E-state index contributed by atoms with van der Waals surface area (Å²) in [6.07, 6.45) is 13.7. The fraction of sp³-hybridized carbons (Fsp3) is 0.480. The molecule has 0 fully saturated rings. The Morgan fingerprint density at radius 2 is 1.68 bits per heavy atom. The van der Waals surface area contributed by atoms with E-state index in [2.05, 4.69) is 23.0 Å². The first-order valence-corrected chi connectivity index (χ1v) is 11.2. The van der Waals surface area contributed by atoms with E-state index >= 15 is 0 Å². The Bertz CT molecular complexity index is 773. The van der Waals surface area contributed by atoms with Gasteiger partial charge in [0.05, 0.1) is 19.0 Å². The fourth-order valence-corrected chi connectivity index (χ4v) is 2.84. The summed E-state index contributed by atoms with van der Waals surface area (Å²) in [6, 6.07) is 7.23. The maximum Gasteiger partial charge on any atom is 0.311 e. The fourth-order valence-electron chi connectivity index (χ4n) is 2.84. The Hall–Kier alpha value is -2.73. The van der Waals surface area contributed by atoms with E-state index in [1.165, 1.54) is 0 Å². The topological polar surface area (TPSA) is 70.5 Å². The smallest absolute Gasteiger partial charge is 0.311 e. The molecule has 1 heterocycles. The van der Waals surface area contributed by atoms with Crippen LogP contribution in [-0.4, -0.2) is 35.8 Å². The van der Waals surface area contributed by atoms with E-state index in [9.17, 15) is 4.79 Å². The maximum absolute atomic E-state index is 11.9. The molecule has 0 aliphatic carbocycles. The van der Waals surface area contributed by atoms with Gasteiger partial charge in [0.15, 0.2) is 11.6 Å². The van der Waals surface area contributed by atoms with Crippen molar-refractivity contribution in [1.29, 1.82) is 0 Å². The van der Waals surface area contributed by atoms with Gasteiger partial charge >= 0.3 is 5.97 Å². The second-order valence-corrected chi connectivity index (χ2v) is 7.22. The molecule has 1 aromatic heterocycles. The van der Waals surface area contributed by atoms with Crippen LogP contribution in [0.1, 0.15) is 58.8 Å². The minimum atomic E-state index is -0.206. The predicted molar refractivity (Wildman–Crippen MR) is 122 cm³/mol. The number of unbranched alkanes of at least 4 members (excludes halogenated alkanes) is 3. The van der Waals surface area contributed by atoms with Crippen molar-refractivity contribution in [2.75, 3.05) is 19.8 Å². The summed E-state index contributed by atoms with van der Waals surface area (Å²) in [4.78, 5) is 20.7. The van der Waals surface area contributed by atoms with E-state index in [1.54, 1.807) is 24.5 Å². The average Bonchev–Trinajstić information content (AvgIpc) is 2.79. The second-order valence-electron chi connectivity index (χ2n) is 7.22. The van der Waals surface area contributed by atoms with Crippen molar-refractivity contribution in [3.8, 4) is 22.9 Å². The van der Waals surface area contributed by atoms with E-state index in [-0.39, 0.29) is 5.97 Å². The van der Waals surface area contributed by atoms with Gasteiger partial charge in [-0.25, -0.2) is 9.97 Å². The maximum atomic E-state index is 11.9. The Morgan fingerprint density at radius 1 is 0.935 bits per heavy atom. The van der Waals surface area contributed by atoms with E-state index in [1.807, 2.05) is 25.1 Å². The van der Waals surface area contributed by atoms with Gasteiger partial charge in [-0.2, -0.15) is 0 Å². The van der Waals surface area contributed by atoms with Gasteiger partial charge in [-0.1, -0.05) is 19.1 Å². The molecule has 168 valence electrons. The number of nitrogens with zero attached hydrogens (tertiary/aromatic N) is 2. The van der Waals surface area contributed by atoms with Crippen molar-refractivity contribution in [2.24, 2.45) is 0 Å². The number of esters is 1. The summed E-state index contributed by atoms with van der Waals surface area (Å²) < 4.78 is 16.5. The quantitative estimate of drug-likeness (QED) is 0.156. The molecule has 6 heteroatoms. The molecule has 0 spiro atoms. The van der Waals surface area contributed by atoms with Crippen LogP contribution in [0.15, 0.2) is 48.8 Å². The second kappa shape index (κ2) is 15.1. The van der Waals surface area contributed by atoms with E-state index in [0.29, 0.717) is 30.4 Å². The van der Waals surface area contributed by atoms with E-state index in [0.717, 1.165) is 57.3 Å². The number of aromatic nitrogens is 2. The first-order valence-electron chi connectivity index (χ1n) is 11.2. The van der Waals surface area contributed by atoms with E-state index in [4.69, 9.17) is 14.2 Å². The third-order valence-corrected chi connectivity index (χ3v) is 4.51. The molecule has 0 atom stereocenters. The van der Waals surface area contributed by atoms with Crippen LogP contribution in [0, 0.1) is 0 Å². The lowest BCUT2D eigenvalue weighted by atomic mass is 10.2. The first kappa shape index (κ1) is 24.5. The number of hydrogen-bond acceptors (Lipinski definition) is 6. The van der Waals surface area contributed by atoms with Gasteiger partial charge in [-0.05, 0) is 69.7 Å². The summed E-state index contributed by atoms with van der Waals surface area (Å²) >= 11 is 0. The van der Waals surface area contributed by atoms with Gasteiger partial charge < -0.3 is 14.2 Å². The molecule has 0 aliphatic heterocycles. The summed E-state index contributed by atoms with van der Waals surface area (Å²) in [5, 5.41) is 0. The van der Waals surface area contributed by atoms with Gasteiger partial charge in [0.1, 0.15) is 5.75 Å². The Morgan fingerprint density at radius 3 is 2.39 bits per heavy atom. The van der Waals surface area contributed by atoms with Crippen molar-refractivity contribution >= 4 is 5.97 Å². The Kier molecular flexibility index (Phi) is 12.0. The molecule has 6 nitrogen and oxygen atoms in total. The molecule has 0 amide bonds. The third-order valence-electron chi connectivity index (χ3n) is 4.51. The normalized spacial score (nSPS) is 11.0. The lowest BCUT2D eigenvalue weighted by Gasteiger charge is -2.07. The van der Waals surface area contributed by atoms with Crippen LogP contribution in [0.3, 0.4) is 0 Å². The SMILES string of the molecule is C/C=C/CCCCC(=O)Oc1ccc(-c2ncc(OCCCCOCCC)cn2)cc1. The number of ether oxygens (including phenoxy) is 3. The number of rotatable bonds is 15. The van der Waals surface area contributed by atoms with Gasteiger partial charge in [0, 0.05) is 25.2 Å². The minimum absolute atomic E-state index is 0.206. The molecule has 0 radical (unpaired) electrons. The molecule has 1 aromatic carbocycles. The number of hydrogen-bond donors (Lipinski definition) is 0. The lowest BCUT2D eigenvalue weighted by Crippen LogP contribution is -2.07. The lowest BCUT2D eigenvalue weighted by molar-refractivity contribution is -0.134. The Labute approximate surface area is 185 Å². The van der Waals surface area contributed by atoms with Crippen LogP contribution in [0.4, 0.5) is 0 Å². The van der Waals surface area contributed by atoms with Gasteiger partial charge in [0.2, 0.25) is 0 Å². The van der Waals surface area contributed by atoms with Crippen molar-refractivity contribution in [1.82, 2.24) is 9.97 Å².